The Hall–Kier alpha value is -2.23. The molecule has 0 atom stereocenters. The third-order valence-electron chi connectivity index (χ3n) is 5.35. The molecule has 0 heterocycles. The maximum absolute atomic E-state index is 14.1. The molecule has 0 aromatic heterocycles. The standard InChI is InChI=1S/C23H25F3O/c1-3-27-21-13-12-19(14-20(21)24)17-9-5-16(6-10-17)7-11-18-8-4-15(2)22(25)23(18)26/h4,7-8,11-14,16-17H,3,5-6,9-10H2,1-2H3/b11-7+. The predicted octanol–water partition coefficient (Wildman–Crippen LogP) is 6.80. The summed E-state index contributed by atoms with van der Waals surface area (Å²) >= 11 is 0. The third-order valence-corrected chi connectivity index (χ3v) is 5.35. The van der Waals surface area contributed by atoms with E-state index in [0.717, 1.165) is 31.2 Å². The number of halogens is 3. The van der Waals surface area contributed by atoms with Crippen LogP contribution in [0.2, 0.25) is 0 Å². The Labute approximate surface area is 158 Å². The summed E-state index contributed by atoms with van der Waals surface area (Å²) < 4.78 is 46.9. The van der Waals surface area contributed by atoms with Crippen molar-refractivity contribution in [3.05, 3.63) is 70.5 Å². The molecule has 0 N–H and O–H groups in total. The van der Waals surface area contributed by atoms with Crippen LogP contribution in [-0.4, -0.2) is 6.61 Å². The Morgan fingerprint density at radius 1 is 1.00 bits per heavy atom. The van der Waals surface area contributed by atoms with Crippen molar-refractivity contribution in [2.24, 2.45) is 5.92 Å². The summed E-state index contributed by atoms with van der Waals surface area (Å²) in [6.07, 6.45) is 7.46. The molecule has 1 saturated carbocycles. The van der Waals surface area contributed by atoms with Crippen molar-refractivity contribution < 1.29 is 17.9 Å². The quantitative estimate of drug-likeness (QED) is 0.559. The van der Waals surface area contributed by atoms with Gasteiger partial charge in [0.05, 0.1) is 6.61 Å². The first-order valence-electron chi connectivity index (χ1n) is 9.54. The van der Waals surface area contributed by atoms with E-state index in [1.807, 2.05) is 19.1 Å². The molecule has 0 saturated heterocycles. The van der Waals surface area contributed by atoms with E-state index in [9.17, 15) is 13.2 Å². The van der Waals surface area contributed by atoms with Gasteiger partial charge in [0.15, 0.2) is 23.2 Å². The van der Waals surface area contributed by atoms with Gasteiger partial charge in [0.1, 0.15) is 0 Å². The summed E-state index contributed by atoms with van der Waals surface area (Å²) in [5, 5.41) is 0. The fourth-order valence-corrected chi connectivity index (χ4v) is 3.72. The van der Waals surface area contributed by atoms with Crippen LogP contribution >= 0.6 is 0 Å². The molecule has 0 spiro atoms. The van der Waals surface area contributed by atoms with Crippen LogP contribution < -0.4 is 4.74 Å². The molecule has 1 nitrogen and oxygen atoms in total. The van der Waals surface area contributed by atoms with E-state index in [1.54, 1.807) is 37.3 Å². The van der Waals surface area contributed by atoms with Gasteiger partial charge in [-0.3, -0.25) is 0 Å². The number of rotatable bonds is 5. The maximum Gasteiger partial charge on any atom is 0.166 e. The number of aryl methyl sites for hydroxylation is 1. The van der Waals surface area contributed by atoms with Gasteiger partial charge in [-0.15, -0.1) is 0 Å². The zero-order valence-electron chi connectivity index (χ0n) is 15.8. The lowest BCUT2D eigenvalue weighted by atomic mass is 9.78. The Morgan fingerprint density at radius 2 is 1.74 bits per heavy atom. The molecule has 2 aromatic rings. The second-order valence-electron chi connectivity index (χ2n) is 7.19. The van der Waals surface area contributed by atoms with Gasteiger partial charge in [-0.05, 0) is 74.6 Å². The molecule has 0 bridgehead atoms. The minimum absolute atomic E-state index is 0.286. The largest absolute Gasteiger partial charge is 0.491 e. The van der Waals surface area contributed by atoms with E-state index in [4.69, 9.17) is 4.74 Å². The first kappa shape index (κ1) is 19.5. The van der Waals surface area contributed by atoms with Crippen LogP contribution in [0.1, 0.15) is 55.2 Å². The Kier molecular flexibility index (Phi) is 6.25. The first-order chi connectivity index (χ1) is 13.0. The molecular weight excluding hydrogens is 349 g/mol. The van der Waals surface area contributed by atoms with Gasteiger partial charge in [0.2, 0.25) is 0 Å². The number of hydrogen-bond acceptors (Lipinski definition) is 1. The molecule has 3 rings (SSSR count). The lowest BCUT2D eigenvalue weighted by Gasteiger charge is -2.27. The topological polar surface area (TPSA) is 9.23 Å². The highest BCUT2D eigenvalue weighted by molar-refractivity contribution is 5.51. The monoisotopic (exact) mass is 374 g/mol. The molecule has 1 aliphatic carbocycles. The van der Waals surface area contributed by atoms with Crippen LogP contribution in [0, 0.1) is 30.3 Å². The van der Waals surface area contributed by atoms with Gasteiger partial charge in [-0.25, -0.2) is 13.2 Å². The molecule has 0 radical (unpaired) electrons. The fraction of sp³-hybridized carbons (Fsp3) is 0.391. The van der Waals surface area contributed by atoms with Gasteiger partial charge < -0.3 is 4.74 Å². The predicted molar refractivity (Wildman–Crippen MR) is 102 cm³/mol. The van der Waals surface area contributed by atoms with Crippen LogP contribution in [0.15, 0.2) is 36.4 Å². The Balaban J connectivity index is 1.61. The molecule has 0 amide bonds. The summed E-state index contributed by atoms with van der Waals surface area (Å²) in [5.41, 5.74) is 1.60. The van der Waals surface area contributed by atoms with Gasteiger partial charge in [0.25, 0.3) is 0 Å². The van der Waals surface area contributed by atoms with Gasteiger partial charge in [0, 0.05) is 5.56 Å². The molecule has 1 fully saturated rings. The number of hydrogen-bond donors (Lipinski definition) is 0. The van der Waals surface area contributed by atoms with Gasteiger partial charge >= 0.3 is 0 Å². The highest BCUT2D eigenvalue weighted by Gasteiger charge is 2.22. The van der Waals surface area contributed by atoms with Crippen LogP contribution in [0.3, 0.4) is 0 Å². The van der Waals surface area contributed by atoms with Crippen molar-refractivity contribution in [2.45, 2.75) is 45.4 Å². The summed E-state index contributed by atoms with van der Waals surface area (Å²) in [7, 11) is 0. The van der Waals surface area contributed by atoms with E-state index in [2.05, 4.69) is 0 Å². The minimum atomic E-state index is -0.787. The van der Waals surface area contributed by atoms with Gasteiger partial charge in [-0.1, -0.05) is 30.4 Å². The van der Waals surface area contributed by atoms with Crippen molar-refractivity contribution in [1.82, 2.24) is 0 Å². The van der Waals surface area contributed by atoms with Crippen LogP contribution in [0.5, 0.6) is 5.75 Å². The maximum atomic E-state index is 14.1. The second-order valence-corrected chi connectivity index (χ2v) is 7.19. The van der Waals surface area contributed by atoms with E-state index >= 15 is 0 Å². The van der Waals surface area contributed by atoms with Crippen molar-refractivity contribution in [3.63, 3.8) is 0 Å². The molecule has 2 aromatic carbocycles. The van der Waals surface area contributed by atoms with E-state index in [-0.39, 0.29) is 11.4 Å². The number of benzene rings is 2. The van der Waals surface area contributed by atoms with Gasteiger partial charge in [-0.2, -0.15) is 0 Å². The molecule has 144 valence electrons. The van der Waals surface area contributed by atoms with Crippen molar-refractivity contribution >= 4 is 6.08 Å². The smallest absolute Gasteiger partial charge is 0.166 e. The summed E-state index contributed by atoms with van der Waals surface area (Å²) in [4.78, 5) is 0. The number of ether oxygens (including phenoxy) is 1. The van der Waals surface area contributed by atoms with Crippen molar-refractivity contribution in [3.8, 4) is 5.75 Å². The Morgan fingerprint density at radius 3 is 2.41 bits per heavy atom. The molecule has 1 aliphatic rings. The molecule has 4 heteroatoms. The van der Waals surface area contributed by atoms with E-state index in [1.165, 1.54) is 0 Å². The normalized spacial score (nSPS) is 20.2. The lowest BCUT2D eigenvalue weighted by Crippen LogP contribution is -2.12. The van der Waals surface area contributed by atoms with Crippen molar-refractivity contribution in [1.29, 1.82) is 0 Å². The second kappa shape index (κ2) is 8.64. The van der Waals surface area contributed by atoms with E-state index in [0.29, 0.717) is 29.8 Å². The van der Waals surface area contributed by atoms with Crippen molar-refractivity contribution in [2.75, 3.05) is 6.61 Å². The average Bonchev–Trinajstić information content (AvgIpc) is 2.68. The van der Waals surface area contributed by atoms with Crippen LogP contribution in [0.25, 0.3) is 6.08 Å². The summed E-state index contributed by atoms with van der Waals surface area (Å²) in [6, 6.07) is 8.43. The Bertz CT molecular complexity index is 821. The first-order valence-corrected chi connectivity index (χ1v) is 9.54. The summed E-state index contributed by atoms with van der Waals surface area (Å²) in [5.74, 6) is -0.924. The number of allylic oxidation sites excluding steroid dienone is 1. The SMILES string of the molecule is CCOc1ccc(C2CCC(/C=C/c3ccc(C)c(F)c3F)CC2)cc1F. The molecule has 0 unspecified atom stereocenters. The molecule has 27 heavy (non-hydrogen) atoms. The zero-order valence-corrected chi connectivity index (χ0v) is 15.8. The minimum Gasteiger partial charge on any atom is -0.491 e. The fourth-order valence-electron chi connectivity index (χ4n) is 3.72. The highest BCUT2D eigenvalue weighted by atomic mass is 19.2. The van der Waals surface area contributed by atoms with Crippen LogP contribution in [-0.2, 0) is 0 Å². The summed E-state index contributed by atoms with van der Waals surface area (Å²) in [6.45, 7) is 3.83. The molecular formula is C23H25F3O. The third kappa shape index (κ3) is 4.55. The lowest BCUT2D eigenvalue weighted by molar-refractivity contribution is 0.320. The van der Waals surface area contributed by atoms with E-state index < -0.39 is 11.6 Å². The van der Waals surface area contributed by atoms with Crippen LogP contribution in [0.4, 0.5) is 13.2 Å². The zero-order chi connectivity index (χ0) is 19.4. The highest BCUT2D eigenvalue weighted by Crippen LogP contribution is 2.37. The average molecular weight is 374 g/mol. The molecule has 0 aliphatic heterocycles.